The Balaban J connectivity index is 1.68. The number of tetrazole rings is 1. The molecule has 2 heterocycles. The maximum atomic E-state index is 11.9. The molecule has 2 aromatic carbocycles. The number of aromatic nitrogens is 4. The van der Waals surface area contributed by atoms with Crippen LogP contribution in [0.3, 0.4) is 0 Å². The summed E-state index contributed by atoms with van der Waals surface area (Å²) in [6, 6.07) is 11.3. The maximum Gasteiger partial charge on any atom is 0.336 e. The molecular weight excluding hydrogens is 380 g/mol. The number of phenolic OH excluding ortho intramolecular Hbond substituents is 2. The summed E-state index contributed by atoms with van der Waals surface area (Å²) in [4.78, 5) is 11.9. The Hall–Kier alpha value is -3.33. The second-order valence-electron chi connectivity index (χ2n) is 6.10. The van der Waals surface area contributed by atoms with Crippen LogP contribution in [0.1, 0.15) is 18.1 Å². The summed E-state index contributed by atoms with van der Waals surface area (Å²) in [7, 11) is 0. The molecule has 4 aromatic rings. The van der Waals surface area contributed by atoms with Crippen LogP contribution in [0.4, 0.5) is 0 Å². The number of aryl methyl sites for hydroxylation is 1. The second-order valence-corrected chi connectivity index (χ2v) is 7.04. The normalized spacial score (nSPS) is 11.2. The first-order chi connectivity index (χ1) is 13.5. The fourth-order valence-electron chi connectivity index (χ4n) is 2.88. The molecule has 0 fully saturated rings. The molecule has 142 valence electrons. The van der Waals surface area contributed by atoms with E-state index in [2.05, 4.69) is 15.5 Å². The largest absolute Gasteiger partial charge is 0.508 e. The third-order valence-corrected chi connectivity index (χ3v) is 5.27. The first-order valence-electron chi connectivity index (χ1n) is 8.54. The predicted molar refractivity (Wildman–Crippen MR) is 104 cm³/mol. The van der Waals surface area contributed by atoms with Gasteiger partial charge in [-0.3, -0.25) is 0 Å². The zero-order valence-corrected chi connectivity index (χ0v) is 15.7. The van der Waals surface area contributed by atoms with Crippen molar-refractivity contribution in [1.29, 1.82) is 0 Å². The minimum atomic E-state index is -0.482. The van der Waals surface area contributed by atoms with E-state index in [9.17, 15) is 15.0 Å². The van der Waals surface area contributed by atoms with Crippen molar-refractivity contribution in [2.45, 2.75) is 24.3 Å². The molecule has 0 aliphatic heterocycles. The van der Waals surface area contributed by atoms with Gasteiger partial charge in [-0.1, -0.05) is 18.7 Å². The van der Waals surface area contributed by atoms with E-state index >= 15 is 0 Å². The molecular formula is C19H16N4O4S. The fourth-order valence-corrected chi connectivity index (χ4v) is 3.76. The van der Waals surface area contributed by atoms with E-state index in [-0.39, 0.29) is 11.5 Å². The topological polar surface area (TPSA) is 114 Å². The Kier molecular flexibility index (Phi) is 4.74. The van der Waals surface area contributed by atoms with E-state index < -0.39 is 5.63 Å². The molecule has 0 atom stereocenters. The molecule has 0 aliphatic rings. The molecule has 0 amide bonds. The van der Waals surface area contributed by atoms with Gasteiger partial charge < -0.3 is 14.6 Å². The molecule has 9 heteroatoms. The van der Waals surface area contributed by atoms with Gasteiger partial charge in [-0.15, -0.1) is 5.10 Å². The van der Waals surface area contributed by atoms with E-state index in [1.165, 1.54) is 23.9 Å². The Bertz CT molecular complexity index is 1200. The summed E-state index contributed by atoms with van der Waals surface area (Å²) in [6.07, 6.45) is 0.659. The minimum Gasteiger partial charge on any atom is -0.508 e. The number of fused-ring (bicyclic) bond motifs is 1. The molecule has 0 saturated carbocycles. The van der Waals surface area contributed by atoms with E-state index in [1.54, 1.807) is 28.9 Å². The fraction of sp³-hybridized carbons (Fsp3) is 0.158. The van der Waals surface area contributed by atoms with E-state index in [0.29, 0.717) is 28.6 Å². The van der Waals surface area contributed by atoms with Crippen LogP contribution < -0.4 is 5.63 Å². The summed E-state index contributed by atoms with van der Waals surface area (Å²) in [6.45, 7) is 1.94. The summed E-state index contributed by atoms with van der Waals surface area (Å²) in [5.41, 5.74) is 2.12. The first-order valence-corrected chi connectivity index (χ1v) is 9.53. The smallest absolute Gasteiger partial charge is 0.336 e. The highest BCUT2D eigenvalue weighted by atomic mass is 32.2. The molecule has 0 bridgehead atoms. The zero-order chi connectivity index (χ0) is 19.7. The van der Waals surface area contributed by atoms with Crippen LogP contribution in [0.15, 0.2) is 56.8 Å². The summed E-state index contributed by atoms with van der Waals surface area (Å²) < 4.78 is 6.79. The van der Waals surface area contributed by atoms with Crippen molar-refractivity contribution in [2.24, 2.45) is 0 Å². The van der Waals surface area contributed by atoms with E-state index in [0.717, 1.165) is 16.5 Å². The lowest BCUT2D eigenvalue weighted by molar-refractivity contribution is 0.466. The van der Waals surface area contributed by atoms with Crippen LogP contribution in [0.25, 0.3) is 16.7 Å². The number of hydrogen-bond acceptors (Lipinski definition) is 8. The van der Waals surface area contributed by atoms with Gasteiger partial charge in [0, 0.05) is 23.3 Å². The average molecular weight is 396 g/mol. The number of benzene rings is 2. The van der Waals surface area contributed by atoms with Crippen molar-refractivity contribution in [1.82, 2.24) is 20.2 Å². The van der Waals surface area contributed by atoms with Gasteiger partial charge in [0.15, 0.2) is 0 Å². The Morgan fingerprint density at radius 2 is 1.89 bits per heavy atom. The van der Waals surface area contributed by atoms with Gasteiger partial charge in [-0.25, -0.2) is 4.79 Å². The van der Waals surface area contributed by atoms with Crippen molar-refractivity contribution in [3.05, 3.63) is 64.0 Å². The summed E-state index contributed by atoms with van der Waals surface area (Å²) >= 11 is 1.37. The molecule has 0 aliphatic carbocycles. The quantitative estimate of drug-likeness (QED) is 0.391. The number of rotatable bonds is 5. The number of nitrogens with zero attached hydrogens (tertiary/aromatic N) is 4. The van der Waals surface area contributed by atoms with Crippen LogP contribution >= 0.6 is 11.8 Å². The van der Waals surface area contributed by atoms with Crippen molar-refractivity contribution in [2.75, 3.05) is 0 Å². The molecule has 2 N–H and O–H groups in total. The van der Waals surface area contributed by atoms with E-state index in [1.807, 2.05) is 13.0 Å². The van der Waals surface area contributed by atoms with Crippen molar-refractivity contribution >= 4 is 22.7 Å². The standard InChI is InChI=1S/C19H16N4O4S/c1-2-11-7-15-12(8-18(26)27-17(15)9-16(11)25)10-28-19-20-21-22-23(19)13-3-5-14(24)6-4-13/h3-9,24-25H,2,10H2,1H3. The Labute approximate surface area is 163 Å². The van der Waals surface area contributed by atoms with E-state index in [4.69, 9.17) is 4.42 Å². The molecule has 8 nitrogen and oxygen atoms in total. The lowest BCUT2D eigenvalue weighted by Crippen LogP contribution is -2.02. The Morgan fingerprint density at radius 1 is 1.11 bits per heavy atom. The Morgan fingerprint density at radius 3 is 2.64 bits per heavy atom. The summed E-state index contributed by atoms with van der Waals surface area (Å²) in [5, 5.41) is 32.5. The number of thioether (sulfide) groups is 1. The van der Waals surface area contributed by atoms with Crippen molar-refractivity contribution in [3.8, 4) is 17.2 Å². The van der Waals surface area contributed by atoms with Crippen LogP contribution in [-0.2, 0) is 12.2 Å². The van der Waals surface area contributed by atoms with Gasteiger partial charge in [0.05, 0.1) is 5.69 Å². The zero-order valence-electron chi connectivity index (χ0n) is 14.9. The van der Waals surface area contributed by atoms with Crippen LogP contribution in [0.2, 0.25) is 0 Å². The number of hydrogen-bond donors (Lipinski definition) is 2. The highest BCUT2D eigenvalue weighted by Gasteiger charge is 2.13. The lowest BCUT2D eigenvalue weighted by atomic mass is 10.1. The molecule has 0 radical (unpaired) electrons. The highest BCUT2D eigenvalue weighted by Crippen LogP contribution is 2.30. The maximum absolute atomic E-state index is 11.9. The predicted octanol–water partition coefficient (Wildman–Crippen LogP) is 3.03. The van der Waals surface area contributed by atoms with Crippen molar-refractivity contribution < 1.29 is 14.6 Å². The SMILES string of the molecule is CCc1cc2c(CSc3nnnn3-c3ccc(O)cc3)cc(=O)oc2cc1O. The van der Waals surface area contributed by atoms with Crippen LogP contribution in [0.5, 0.6) is 11.5 Å². The van der Waals surface area contributed by atoms with Gasteiger partial charge in [0.2, 0.25) is 5.16 Å². The number of phenols is 2. The molecule has 0 saturated heterocycles. The average Bonchev–Trinajstić information content (AvgIpc) is 3.14. The molecule has 28 heavy (non-hydrogen) atoms. The van der Waals surface area contributed by atoms with Crippen LogP contribution in [-0.4, -0.2) is 30.4 Å². The summed E-state index contributed by atoms with van der Waals surface area (Å²) in [5.74, 6) is 0.705. The number of aromatic hydroxyl groups is 2. The van der Waals surface area contributed by atoms with Gasteiger partial charge in [-0.05, 0) is 58.3 Å². The van der Waals surface area contributed by atoms with Gasteiger partial charge in [-0.2, -0.15) is 4.68 Å². The lowest BCUT2D eigenvalue weighted by Gasteiger charge is -2.09. The first kappa shape index (κ1) is 18.1. The molecule has 0 unspecified atom stereocenters. The van der Waals surface area contributed by atoms with Gasteiger partial charge in [0.25, 0.3) is 0 Å². The van der Waals surface area contributed by atoms with Crippen molar-refractivity contribution in [3.63, 3.8) is 0 Å². The monoisotopic (exact) mass is 396 g/mol. The van der Waals surface area contributed by atoms with Gasteiger partial charge in [0.1, 0.15) is 17.1 Å². The minimum absolute atomic E-state index is 0.110. The third-order valence-electron chi connectivity index (χ3n) is 4.30. The molecule has 2 aromatic heterocycles. The highest BCUT2D eigenvalue weighted by molar-refractivity contribution is 7.98. The van der Waals surface area contributed by atoms with Gasteiger partial charge >= 0.3 is 5.63 Å². The molecule has 4 rings (SSSR count). The molecule has 0 spiro atoms. The third kappa shape index (κ3) is 3.44. The van der Waals surface area contributed by atoms with Crippen LogP contribution in [0, 0.1) is 0 Å². The second kappa shape index (κ2) is 7.35.